The molecule has 3 saturated heterocycles. The average molecular weight is 484 g/mol. The van der Waals surface area contributed by atoms with Crippen LogP contribution in [0.4, 0.5) is 0 Å². The second-order valence-electron chi connectivity index (χ2n) is 11.9. The molecule has 3 N–H and O–H groups in total. The van der Waals surface area contributed by atoms with Gasteiger partial charge in [0.15, 0.2) is 0 Å². The van der Waals surface area contributed by atoms with E-state index in [1.54, 1.807) is 4.90 Å². The molecule has 3 heterocycles. The second kappa shape index (κ2) is 9.11. The first-order valence-corrected chi connectivity index (χ1v) is 13.3. The van der Waals surface area contributed by atoms with Crippen molar-refractivity contribution in [3.63, 3.8) is 0 Å². The fourth-order valence-corrected chi connectivity index (χ4v) is 6.96. The summed E-state index contributed by atoms with van der Waals surface area (Å²) in [7, 11) is 0. The Morgan fingerprint density at radius 3 is 2.51 bits per heavy atom. The van der Waals surface area contributed by atoms with Gasteiger partial charge in [-0.05, 0) is 55.3 Å². The number of nitrogens with one attached hydrogen (secondary N) is 3. The zero-order valence-corrected chi connectivity index (χ0v) is 20.7. The monoisotopic (exact) mass is 483 g/mol. The van der Waals surface area contributed by atoms with E-state index in [1.807, 2.05) is 0 Å². The smallest absolute Gasteiger partial charge is 0.245 e. The summed E-state index contributed by atoms with van der Waals surface area (Å²) in [5, 5.41) is 18.6. The minimum absolute atomic E-state index is 0.0198. The van der Waals surface area contributed by atoms with Crippen molar-refractivity contribution in [1.82, 2.24) is 20.9 Å². The lowest BCUT2D eigenvalue weighted by atomic mass is 9.84. The Kier molecular flexibility index (Phi) is 6.27. The van der Waals surface area contributed by atoms with E-state index in [1.165, 1.54) is 0 Å². The lowest BCUT2D eigenvalue weighted by molar-refractivity contribution is -0.144. The molecule has 9 nitrogen and oxygen atoms in total. The molecule has 0 bridgehead atoms. The van der Waals surface area contributed by atoms with Gasteiger partial charge in [0.05, 0.1) is 6.07 Å². The second-order valence-corrected chi connectivity index (χ2v) is 11.9. The number of carbonyl (C=O) groups excluding carboxylic acids is 4. The summed E-state index contributed by atoms with van der Waals surface area (Å²) in [4.78, 5) is 54.2. The third-order valence-corrected chi connectivity index (χ3v) is 9.57. The van der Waals surface area contributed by atoms with Crippen LogP contribution in [-0.2, 0) is 19.2 Å². The molecular formula is C26H37N5O4. The van der Waals surface area contributed by atoms with Gasteiger partial charge in [-0.25, -0.2) is 0 Å². The number of nitriles is 1. The summed E-state index contributed by atoms with van der Waals surface area (Å²) in [6, 6.07) is 0.0915. The summed E-state index contributed by atoms with van der Waals surface area (Å²) in [6.07, 6.45) is 5.97. The van der Waals surface area contributed by atoms with Crippen LogP contribution in [0.5, 0.6) is 0 Å². The molecule has 5 rings (SSSR count). The van der Waals surface area contributed by atoms with E-state index in [2.05, 4.69) is 35.9 Å². The molecule has 0 aromatic carbocycles. The van der Waals surface area contributed by atoms with Crippen molar-refractivity contribution in [2.45, 2.75) is 83.3 Å². The summed E-state index contributed by atoms with van der Waals surface area (Å²) in [5.74, 6) is -0.569. The van der Waals surface area contributed by atoms with Crippen LogP contribution in [-0.4, -0.2) is 59.7 Å². The molecule has 5 aliphatic rings. The molecule has 2 aliphatic carbocycles. The van der Waals surface area contributed by atoms with Gasteiger partial charge < -0.3 is 20.9 Å². The summed E-state index contributed by atoms with van der Waals surface area (Å²) < 4.78 is 0. The Bertz CT molecular complexity index is 954. The zero-order chi connectivity index (χ0) is 24.9. The Labute approximate surface area is 206 Å². The van der Waals surface area contributed by atoms with Gasteiger partial charge in [-0.3, -0.25) is 19.2 Å². The van der Waals surface area contributed by atoms with Crippen LogP contribution in [0.15, 0.2) is 0 Å². The van der Waals surface area contributed by atoms with E-state index >= 15 is 0 Å². The summed E-state index contributed by atoms with van der Waals surface area (Å²) in [6.45, 7) is 5.31. The molecule has 4 amide bonds. The minimum Gasteiger partial charge on any atom is -0.356 e. The van der Waals surface area contributed by atoms with Crippen molar-refractivity contribution in [2.75, 3.05) is 13.1 Å². The number of hydrogen-bond acceptors (Lipinski definition) is 5. The first kappa shape index (κ1) is 24.1. The van der Waals surface area contributed by atoms with Crippen LogP contribution < -0.4 is 16.0 Å². The molecule has 7 atom stereocenters. The van der Waals surface area contributed by atoms with Gasteiger partial charge in [-0.15, -0.1) is 0 Å². The van der Waals surface area contributed by atoms with Gasteiger partial charge in [0.25, 0.3) is 0 Å². The van der Waals surface area contributed by atoms with Crippen LogP contribution in [0.25, 0.3) is 0 Å². The Morgan fingerprint density at radius 1 is 1.09 bits per heavy atom. The van der Waals surface area contributed by atoms with Crippen molar-refractivity contribution >= 4 is 23.6 Å². The highest BCUT2D eigenvalue weighted by molar-refractivity contribution is 5.94. The first-order valence-electron chi connectivity index (χ1n) is 13.3. The third kappa shape index (κ3) is 4.30. The highest BCUT2D eigenvalue weighted by atomic mass is 16.2. The number of carbonyl (C=O) groups is 4. The average Bonchev–Trinajstić information content (AvgIpc) is 3.11. The molecule has 35 heavy (non-hydrogen) atoms. The van der Waals surface area contributed by atoms with Gasteiger partial charge in [0, 0.05) is 24.9 Å². The molecule has 9 heteroatoms. The SMILES string of the molecule is CC1(C)C2[C@H]3C(=O)N[C@H](C#N)C[C@@H]4C(=O)NC[C@@H]4CCCC[C@H](NC(=O)C4CCC4)C(=O)N3C[C@@H]21. The van der Waals surface area contributed by atoms with Crippen molar-refractivity contribution in [2.24, 2.45) is 35.0 Å². The van der Waals surface area contributed by atoms with E-state index < -0.39 is 18.1 Å². The quantitative estimate of drug-likeness (QED) is 0.541. The van der Waals surface area contributed by atoms with E-state index in [-0.39, 0.29) is 65.1 Å². The maximum atomic E-state index is 13.8. The Balaban J connectivity index is 1.41. The number of amides is 4. The van der Waals surface area contributed by atoms with Crippen molar-refractivity contribution < 1.29 is 19.2 Å². The molecule has 190 valence electrons. The molecule has 0 spiro atoms. The molecular weight excluding hydrogens is 446 g/mol. The lowest BCUT2D eigenvalue weighted by Gasteiger charge is -2.35. The van der Waals surface area contributed by atoms with Crippen molar-refractivity contribution in [3.8, 4) is 6.07 Å². The van der Waals surface area contributed by atoms with Crippen LogP contribution >= 0.6 is 0 Å². The molecule has 5 fully saturated rings. The van der Waals surface area contributed by atoms with E-state index in [0.29, 0.717) is 19.5 Å². The highest BCUT2D eigenvalue weighted by Crippen LogP contribution is 2.65. The normalized spacial score (nSPS) is 39.1. The molecule has 2 saturated carbocycles. The van der Waals surface area contributed by atoms with E-state index in [9.17, 15) is 24.4 Å². The number of piperidine rings is 1. The zero-order valence-electron chi connectivity index (χ0n) is 20.7. The van der Waals surface area contributed by atoms with Gasteiger partial charge in [0.1, 0.15) is 18.1 Å². The first-order chi connectivity index (χ1) is 16.7. The molecule has 0 aromatic rings. The molecule has 0 aromatic heterocycles. The number of rotatable bonds is 2. The predicted molar refractivity (Wildman–Crippen MR) is 126 cm³/mol. The van der Waals surface area contributed by atoms with Gasteiger partial charge in [-0.1, -0.05) is 33.1 Å². The van der Waals surface area contributed by atoms with Crippen LogP contribution in [0.3, 0.4) is 0 Å². The largest absolute Gasteiger partial charge is 0.356 e. The maximum absolute atomic E-state index is 13.8. The van der Waals surface area contributed by atoms with Crippen LogP contribution in [0.1, 0.15) is 65.2 Å². The van der Waals surface area contributed by atoms with Gasteiger partial charge in [-0.2, -0.15) is 5.26 Å². The lowest BCUT2D eigenvalue weighted by Crippen LogP contribution is -2.57. The molecule has 1 unspecified atom stereocenters. The van der Waals surface area contributed by atoms with Crippen LogP contribution in [0, 0.1) is 46.3 Å². The van der Waals surface area contributed by atoms with E-state index in [0.717, 1.165) is 38.5 Å². The minimum atomic E-state index is -0.784. The fraction of sp³-hybridized carbons (Fsp3) is 0.808. The molecule has 0 radical (unpaired) electrons. The molecule has 3 aliphatic heterocycles. The van der Waals surface area contributed by atoms with Crippen LogP contribution in [0.2, 0.25) is 0 Å². The summed E-state index contributed by atoms with van der Waals surface area (Å²) >= 11 is 0. The number of fused-ring (bicyclic) bond motifs is 4. The standard InChI is InChI=1S/C26H37N5O4/c1-26(2)18-13-31-21(20(18)26)24(34)29-16(11-27)10-17-15(12-28-23(17)33)6-3-4-9-19(25(31)35)30-22(32)14-7-5-8-14/h14-21H,3-10,12-13H2,1-2H3,(H,28,33)(H,29,34)(H,30,32)/t15-,16-,17-,18-,19-,20?,21-/m0/s1. The Hall–Kier alpha value is -2.63. The van der Waals surface area contributed by atoms with Gasteiger partial charge in [0.2, 0.25) is 23.6 Å². The van der Waals surface area contributed by atoms with E-state index in [4.69, 9.17) is 0 Å². The number of hydrogen-bond donors (Lipinski definition) is 3. The Morgan fingerprint density at radius 2 is 1.83 bits per heavy atom. The summed E-state index contributed by atoms with van der Waals surface area (Å²) in [5.41, 5.74) is -0.0481. The topological polar surface area (TPSA) is 131 Å². The third-order valence-electron chi connectivity index (χ3n) is 9.57. The van der Waals surface area contributed by atoms with Crippen molar-refractivity contribution in [1.29, 1.82) is 5.26 Å². The fourth-order valence-electron chi connectivity index (χ4n) is 6.96. The maximum Gasteiger partial charge on any atom is 0.245 e. The highest BCUT2D eigenvalue weighted by Gasteiger charge is 2.69. The predicted octanol–water partition coefficient (Wildman–Crippen LogP) is 1.09. The number of nitrogens with zero attached hydrogens (tertiary/aromatic N) is 2. The van der Waals surface area contributed by atoms with Crippen molar-refractivity contribution in [3.05, 3.63) is 0 Å². The van der Waals surface area contributed by atoms with Gasteiger partial charge >= 0.3 is 0 Å².